The van der Waals surface area contributed by atoms with Crippen LogP contribution in [0.15, 0.2) is 18.2 Å². The Hall–Kier alpha value is -1.39. The van der Waals surface area contributed by atoms with Gasteiger partial charge in [0, 0.05) is 6.04 Å². The maximum absolute atomic E-state index is 10.8. The van der Waals surface area contributed by atoms with Crippen molar-refractivity contribution >= 4 is 5.97 Å². The summed E-state index contributed by atoms with van der Waals surface area (Å²) in [5, 5.41) is 22.1. The van der Waals surface area contributed by atoms with E-state index in [-0.39, 0.29) is 6.42 Å². The van der Waals surface area contributed by atoms with E-state index in [0.29, 0.717) is 6.54 Å². The molecule has 0 aromatic heterocycles. The van der Waals surface area contributed by atoms with Gasteiger partial charge in [0.25, 0.3) is 0 Å². The molecular weight excluding hydrogens is 230 g/mol. The molecule has 4 heteroatoms. The van der Waals surface area contributed by atoms with Crippen molar-refractivity contribution in [2.75, 3.05) is 6.54 Å². The second-order valence-corrected chi connectivity index (χ2v) is 4.55. The van der Waals surface area contributed by atoms with Crippen molar-refractivity contribution in [3.05, 3.63) is 34.9 Å². The van der Waals surface area contributed by atoms with Crippen LogP contribution in [0.4, 0.5) is 0 Å². The number of hydrogen-bond donors (Lipinski definition) is 3. The van der Waals surface area contributed by atoms with E-state index in [4.69, 9.17) is 5.11 Å². The lowest BCUT2D eigenvalue weighted by Gasteiger charge is -2.23. The molecular formula is C14H21NO3. The summed E-state index contributed by atoms with van der Waals surface area (Å²) in [5.74, 6) is -0.913. The Morgan fingerprint density at radius 2 is 2.00 bits per heavy atom. The summed E-state index contributed by atoms with van der Waals surface area (Å²) in [5.41, 5.74) is 3.01. The van der Waals surface area contributed by atoms with Gasteiger partial charge in [0.2, 0.25) is 0 Å². The lowest BCUT2D eigenvalue weighted by atomic mass is 9.96. The van der Waals surface area contributed by atoms with Crippen LogP contribution in [-0.4, -0.2) is 28.8 Å². The number of hydrogen-bond acceptors (Lipinski definition) is 3. The Morgan fingerprint density at radius 3 is 2.50 bits per heavy atom. The highest BCUT2D eigenvalue weighted by Crippen LogP contribution is 2.21. The molecule has 0 bridgehead atoms. The van der Waals surface area contributed by atoms with E-state index in [2.05, 4.69) is 5.32 Å². The Kier molecular flexibility index (Phi) is 5.31. The Labute approximate surface area is 108 Å². The number of nitrogens with one attached hydrogen (secondary N) is 1. The van der Waals surface area contributed by atoms with Crippen molar-refractivity contribution in [1.29, 1.82) is 0 Å². The molecule has 18 heavy (non-hydrogen) atoms. The quantitative estimate of drug-likeness (QED) is 0.721. The topological polar surface area (TPSA) is 69.6 Å². The maximum Gasteiger partial charge on any atom is 0.305 e. The molecule has 1 rings (SSSR count). The van der Waals surface area contributed by atoms with Gasteiger partial charge in [-0.2, -0.15) is 0 Å². The van der Waals surface area contributed by atoms with Crippen LogP contribution in [0.1, 0.15) is 36.1 Å². The van der Waals surface area contributed by atoms with E-state index < -0.39 is 18.1 Å². The summed E-state index contributed by atoms with van der Waals surface area (Å²) in [4.78, 5) is 10.8. The normalized spacial score (nSPS) is 14.2. The molecule has 2 atom stereocenters. The first-order valence-electron chi connectivity index (χ1n) is 6.16. The molecule has 1 aromatic carbocycles. The highest BCUT2D eigenvalue weighted by Gasteiger charge is 2.22. The third kappa shape index (κ3) is 3.82. The van der Waals surface area contributed by atoms with Gasteiger partial charge in [0.15, 0.2) is 0 Å². The highest BCUT2D eigenvalue weighted by molar-refractivity contribution is 5.67. The van der Waals surface area contributed by atoms with Crippen molar-refractivity contribution in [1.82, 2.24) is 5.32 Å². The van der Waals surface area contributed by atoms with Crippen LogP contribution in [-0.2, 0) is 4.79 Å². The zero-order chi connectivity index (χ0) is 13.7. The smallest absolute Gasteiger partial charge is 0.305 e. The third-order valence-electron chi connectivity index (χ3n) is 3.11. The van der Waals surface area contributed by atoms with Crippen LogP contribution >= 0.6 is 0 Å². The van der Waals surface area contributed by atoms with Crippen molar-refractivity contribution in [2.45, 2.75) is 39.3 Å². The SMILES string of the molecule is CCNC(CC(=O)O)C(O)c1ccc(C)c(C)c1. The molecule has 0 aliphatic heterocycles. The average molecular weight is 251 g/mol. The summed E-state index contributed by atoms with van der Waals surface area (Å²) in [6.45, 7) is 6.50. The van der Waals surface area contributed by atoms with Crippen molar-refractivity contribution in [2.24, 2.45) is 0 Å². The summed E-state index contributed by atoms with van der Waals surface area (Å²) in [6.07, 6.45) is -0.901. The molecule has 2 unspecified atom stereocenters. The Morgan fingerprint density at radius 1 is 1.33 bits per heavy atom. The molecule has 0 amide bonds. The van der Waals surface area contributed by atoms with Gasteiger partial charge in [-0.1, -0.05) is 25.1 Å². The van der Waals surface area contributed by atoms with Gasteiger partial charge in [-0.05, 0) is 37.1 Å². The van der Waals surface area contributed by atoms with Crippen LogP contribution in [0.3, 0.4) is 0 Å². The Balaban J connectivity index is 2.89. The number of likely N-dealkylation sites (N-methyl/N-ethyl adjacent to an activating group) is 1. The van der Waals surface area contributed by atoms with Crippen molar-refractivity contribution in [3.63, 3.8) is 0 Å². The summed E-state index contributed by atoms with van der Waals surface area (Å²) >= 11 is 0. The van der Waals surface area contributed by atoms with Gasteiger partial charge in [-0.15, -0.1) is 0 Å². The molecule has 0 saturated heterocycles. The number of aliphatic carboxylic acids is 1. The summed E-state index contributed by atoms with van der Waals surface area (Å²) < 4.78 is 0. The fourth-order valence-electron chi connectivity index (χ4n) is 1.93. The number of aryl methyl sites for hydroxylation is 2. The van der Waals surface area contributed by atoms with Crippen LogP contribution in [0.25, 0.3) is 0 Å². The molecule has 0 spiro atoms. The molecule has 0 aliphatic carbocycles. The van der Waals surface area contributed by atoms with Gasteiger partial charge in [0.05, 0.1) is 12.5 Å². The van der Waals surface area contributed by atoms with E-state index >= 15 is 0 Å². The molecule has 100 valence electrons. The first kappa shape index (κ1) is 14.7. The number of benzene rings is 1. The predicted molar refractivity (Wildman–Crippen MR) is 70.6 cm³/mol. The minimum Gasteiger partial charge on any atom is -0.481 e. The molecule has 4 nitrogen and oxygen atoms in total. The molecule has 3 N–H and O–H groups in total. The van der Waals surface area contributed by atoms with Gasteiger partial charge in [-0.25, -0.2) is 0 Å². The fourth-order valence-corrected chi connectivity index (χ4v) is 1.93. The van der Waals surface area contributed by atoms with E-state index in [1.54, 1.807) is 0 Å². The highest BCUT2D eigenvalue weighted by atomic mass is 16.4. The number of rotatable bonds is 6. The molecule has 0 radical (unpaired) electrons. The van der Waals surface area contributed by atoms with Crippen LogP contribution < -0.4 is 5.32 Å². The van der Waals surface area contributed by atoms with E-state index in [1.807, 2.05) is 39.0 Å². The first-order chi connectivity index (χ1) is 8.45. The second-order valence-electron chi connectivity index (χ2n) is 4.55. The minimum atomic E-state index is -0.913. The van der Waals surface area contributed by atoms with Crippen LogP contribution in [0.2, 0.25) is 0 Å². The second kappa shape index (κ2) is 6.52. The van der Waals surface area contributed by atoms with Gasteiger partial charge >= 0.3 is 5.97 Å². The predicted octanol–water partition coefficient (Wildman–Crippen LogP) is 1.79. The van der Waals surface area contributed by atoms with Crippen LogP contribution in [0, 0.1) is 13.8 Å². The minimum absolute atomic E-state index is 0.0953. The van der Waals surface area contributed by atoms with Gasteiger partial charge < -0.3 is 15.5 Å². The summed E-state index contributed by atoms with van der Waals surface area (Å²) in [6, 6.07) is 5.23. The monoisotopic (exact) mass is 251 g/mol. The fraction of sp³-hybridized carbons (Fsp3) is 0.500. The van der Waals surface area contributed by atoms with E-state index in [1.165, 1.54) is 0 Å². The molecule has 0 saturated carbocycles. The number of aliphatic hydroxyl groups is 1. The molecule has 0 heterocycles. The van der Waals surface area contributed by atoms with E-state index in [0.717, 1.165) is 16.7 Å². The van der Waals surface area contributed by atoms with E-state index in [9.17, 15) is 9.90 Å². The van der Waals surface area contributed by atoms with Gasteiger partial charge in [-0.3, -0.25) is 4.79 Å². The number of carboxylic acid groups (broad SMARTS) is 1. The first-order valence-corrected chi connectivity index (χ1v) is 6.16. The zero-order valence-electron chi connectivity index (χ0n) is 11.1. The number of carbonyl (C=O) groups is 1. The molecule has 1 aromatic rings. The standard InChI is InChI=1S/C14H21NO3/c1-4-15-12(8-13(16)17)14(18)11-6-5-9(2)10(3)7-11/h5-7,12,14-15,18H,4,8H2,1-3H3,(H,16,17). The third-order valence-corrected chi connectivity index (χ3v) is 3.11. The number of carboxylic acids is 1. The maximum atomic E-state index is 10.8. The summed E-state index contributed by atoms with van der Waals surface area (Å²) in [7, 11) is 0. The lowest BCUT2D eigenvalue weighted by Crippen LogP contribution is -2.36. The largest absolute Gasteiger partial charge is 0.481 e. The lowest BCUT2D eigenvalue weighted by molar-refractivity contribution is -0.138. The van der Waals surface area contributed by atoms with Gasteiger partial charge in [0.1, 0.15) is 0 Å². The van der Waals surface area contributed by atoms with Crippen LogP contribution in [0.5, 0.6) is 0 Å². The Bertz CT molecular complexity index is 418. The van der Waals surface area contributed by atoms with Crippen molar-refractivity contribution in [3.8, 4) is 0 Å². The number of aliphatic hydroxyl groups excluding tert-OH is 1. The zero-order valence-corrected chi connectivity index (χ0v) is 11.1. The molecule has 0 fully saturated rings. The average Bonchev–Trinajstić information content (AvgIpc) is 2.31. The van der Waals surface area contributed by atoms with Crippen molar-refractivity contribution < 1.29 is 15.0 Å². The molecule has 0 aliphatic rings.